The Bertz CT molecular complexity index is 490. The van der Waals surface area contributed by atoms with Crippen LogP contribution in [0.4, 0.5) is 8.78 Å². The topological polar surface area (TPSA) is 38.9 Å². The normalized spacial score (nSPS) is 12.8. The van der Waals surface area contributed by atoms with Crippen LogP contribution in [0.5, 0.6) is 0 Å². The van der Waals surface area contributed by atoms with E-state index in [9.17, 15) is 8.78 Å². The standard InChI is InChI=1S/C11H10F2N2S/c1-6-15-9(5-16-6)11(14)10-7(12)3-2-4-8(10)13/h2-5,11H,14H2,1H3. The molecule has 1 unspecified atom stereocenters. The van der Waals surface area contributed by atoms with Crippen molar-refractivity contribution < 1.29 is 8.78 Å². The Labute approximate surface area is 95.7 Å². The Morgan fingerprint density at radius 3 is 2.44 bits per heavy atom. The van der Waals surface area contributed by atoms with E-state index < -0.39 is 17.7 Å². The van der Waals surface area contributed by atoms with Crippen LogP contribution in [-0.4, -0.2) is 4.98 Å². The highest BCUT2D eigenvalue weighted by Crippen LogP contribution is 2.25. The van der Waals surface area contributed by atoms with Gasteiger partial charge in [-0.2, -0.15) is 0 Å². The molecule has 5 heteroatoms. The molecule has 0 spiro atoms. The van der Waals surface area contributed by atoms with E-state index in [-0.39, 0.29) is 5.56 Å². The summed E-state index contributed by atoms with van der Waals surface area (Å²) >= 11 is 1.40. The number of hydrogen-bond acceptors (Lipinski definition) is 3. The molecule has 84 valence electrons. The molecular formula is C11H10F2N2S. The number of thiazole rings is 1. The van der Waals surface area contributed by atoms with Crippen molar-refractivity contribution in [3.63, 3.8) is 0 Å². The Balaban J connectivity index is 2.45. The molecule has 0 radical (unpaired) electrons. The molecule has 0 amide bonds. The van der Waals surface area contributed by atoms with Gasteiger partial charge in [0, 0.05) is 10.9 Å². The lowest BCUT2D eigenvalue weighted by molar-refractivity contribution is 0.541. The summed E-state index contributed by atoms with van der Waals surface area (Å²) in [6.07, 6.45) is 0. The first-order chi connectivity index (χ1) is 7.59. The van der Waals surface area contributed by atoms with Gasteiger partial charge in [-0.15, -0.1) is 11.3 Å². The molecule has 0 saturated carbocycles. The fourth-order valence-corrected chi connectivity index (χ4v) is 2.13. The van der Waals surface area contributed by atoms with Crippen molar-refractivity contribution in [2.75, 3.05) is 0 Å². The average molecular weight is 240 g/mol. The van der Waals surface area contributed by atoms with Crippen molar-refractivity contribution in [2.24, 2.45) is 5.73 Å². The summed E-state index contributed by atoms with van der Waals surface area (Å²) in [5, 5.41) is 2.54. The predicted octanol–water partition coefficient (Wildman–Crippen LogP) is 2.78. The highest BCUT2D eigenvalue weighted by Gasteiger charge is 2.19. The van der Waals surface area contributed by atoms with Crippen molar-refractivity contribution in [3.05, 3.63) is 51.5 Å². The first-order valence-electron chi connectivity index (χ1n) is 4.71. The Hall–Kier alpha value is -1.33. The number of nitrogens with zero attached hydrogens (tertiary/aromatic N) is 1. The molecule has 0 saturated heterocycles. The summed E-state index contributed by atoms with van der Waals surface area (Å²) in [7, 11) is 0. The van der Waals surface area contributed by atoms with Crippen LogP contribution >= 0.6 is 11.3 Å². The third-order valence-corrected chi connectivity index (χ3v) is 3.06. The molecule has 1 heterocycles. The van der Waals surface area contributed by atoms with E-state index in [0.717, 1.165) is 5.01 Å². The van der Waals surface area contributed by atoms with Crippen molar-refractivity contribution in [2.45, 2.75) is 13.0 Å². The molecule has 0 aliphatic heterocycles. The first-order valence-corrected chi connectivity index (χ1v) is 5.59. The Kier molecular flexibility index (Phi) is 2.98. The van der Waals surface area contributed by atoms with E-state index in [1.165, 1.54) is 29.5 Å². The number of hydrogen-bond donors (Lipinski definition) is 1. The number of nitrogens with two attached hydrogens (primary N) is 1. The third-order valence-electron chi connectivity index (χ3n) is 2.27. The van der Waals surface area contributed by atoms with E-state index in [4.69, 9.17) is 5.73 Å². The minimum Gasteiger partial charge on any atom is -0.319 e. The van der Waals surface area contributed by atoms with Gasteiger partial charge in [0.25, 0.3) is 0 Å². The molecule has 2 rings (SSSR count). The van der Waals surface area contributed by atoms with E-state index in [1.54, 1.807) is 5.38 Å². The molecule has 0 aliphatic rings. The lowest BCUT2D eigenvalue weighted by atomic mass is 10.0. The molecular weight excluding hydrogens is 230 g/mol. The fourth-order valence-electron chi connectivity index (χ4n) is 1.48. The van der Waals surface area contributed by atoms with Crippen LogP contribution < -0.4 is 5.73 Å². The van der Waals surface area contributed by atoms with E-state index in [0.29, 0.717) is 5.69 Å². The summed E-state index contributed by atoms with van der Waals surface area (Å²) in [6.45, 7) is 1.82. The van der Waals surface area contributed by atoms with Gasteiger partial charge in [-0.3, -0.25) is 0 Å². The number of aromatic nitrogens is 1. The zero-order chi connectivity index (χ0) is 11.7. The molecule has 1 atom stereocenters. The lowest BCUT2D eigenvalue weighted by Crippen LogP contribution is -2.16. The van der Waals surface area contributed by atoms with Crippen molar-refractivity contribution in [1.82, 2.24) is 4.98 Å². The molecule has 0 fully saturated rings. The first kappa shape index (κ1) is 11.2. The van der Waals surface area contributed by atoms with E-state index in [1.807, 2.05) is 6.92 Å². The maximum absolute atomic E-state index is 13.4. The second-order valence-electron chi connectivity index (χ2n) is 3.40. The van der Waals surface area contributed by atoms with Crippen molar-refractivity contribution in [3.8, 4) is 0 Å². The summed E-state index contributed by atoms with van der Waals surface area (Å²) < 4.78 is 26.9. The molecule has 16 heavy (non-hydrogen) atoms. The maximum Gasteiger partial charge on any atom is 0.131 e. The van der Waals surface area contributed by atoms with Crippen LogP contribution in [0.2, 0.25) is 0 Å². The number of rotatable bonds is 2. The van der Waals surface area contributed by atoms with Crippen molar-refractivity contribution >= 4 is 11.3 Å². The van der Waals surface area contributed by atoms with Crippen LogP contribution in [0, 0.1) is 18.6 Å². The van der Waals surface area contributed by atoms with Crippen LogP contribution in [0.1, 0.15) is 22.3 Å². The highest BCUT2D eigenvalue weighted by atomic mass is 32.1. The molecule has 0 aliphatic carbocycles. The van der Waals surface area contributed by atoms with Gasteiger partial charge in [0.05, 0.1) is 16.7 Å². The summed E-state index contributed by atoms with van der Waals surface area (Å²) in [4.78, 5) is 4.13. The van der Waals surface area contributed by atoms with Crippen LogP contribution in [0.3, 0.4) is 0 Å². The molecule has 0 bridgehead atoms. The molecule has 2 aromatic rings. The Morgan fingerprint density at radius 2 is 1.94 bits per heavy atom. The van der Waals surface area contributed by atoms with Crippen LogP contribution in [0.25, 0.3) is 0 Å². The van der Waals surface area contributed by atoms with Gasteiger partial charge in [-0.1, -0.05) is 6.07 Å². The molecule has 2 nitrogen and oxygen atoms in total. The zero-order valence-corrected chi connectivity index (χ0v) is 9.39. The predicted molar refractivity (Wildman–Crippen MR) is 59.2 cm³/mol. The van der Waals surface area contributed by atoms with Gasteiger partial charge >= 0.3 is 0 Å². The maximum atomic E-state index is 13.4. The molecule has 2 N–H and O–H groups in total. The second kappa shape index (κ2) is 4.27. The summed E-state index contributed by atoms with van der Waals surface area (Å²) in [5.74, 6) is -1.28. The smallest absolute Gasteiger partial charge is 0.131 e. The van der Waals surface area contributed by atoms with E-state index >= 15 is 0 Å². The average Bonchev–Trinajstić information content (AvgIpc) is 2.64. The number of halogens is 2. The van der Waals surface area contributed by atoms with Gasteiger partial charge in [0.2, 0.25) is 0 Å². The van der Waals surface area contributed by atoms with Gasteiger partial charge in [0.1, 0.15) is 11.6 Å². The van der Waals surface area contributed by atoms with Crippen LogP contribution in [-0.2, 0) is 0 Å². The lowest BCUT2D eigenvalue weighted by Gasteiger charge is -2.11. The van der Waals surface area contributed by atoms with Gasteiger partial charge in [0.15, 0.2) is 0 Å². The van der Waals surface area contributed by atoms with Gasteiger partial charge in [-0.05, 0) is 19.1 Å². The SMILES string of the molecule is Cc1nc(C(N)c2c(F)cccc2F)cs1. The van der Waals surface area contributed by atoms with Crippen molar-refractivity contribution in [1.29, 1.82) is 0 Å². The number of aryl methyl sites for hydroxylation is 1. The highest BCUT2D eigenvalue weighted by molar-refractivity contribution is 7.09. The molecule has 1 aromatic heterocycles. The summed E-state index contributed by atoms with van der Waals surface area (Å²) in [5.41, 5.74) is 6.16. The fraction of sp³-hybridized carbons (Fsp3) is 0.182. The van der Waals surface area contributed by atoms with E-state index in [2.05, 4.69) is 4.98 Å². The minimum absolute atomic E-state index is 0.132. The quantitative estimate of drug-likeness (QED) is 0.876. The second-order valence-corrected chi connectivity index (χ2v) is 4.47. The minimum atomic E-state index is -0.855. The monoisotopic (exact) mass is 240 g/mol. The van der Waals surface area contributed by atoms with Gasteiger partial charge in [-0.25, -0.2) is 13.8 Å². The molecule has 1 aromatic carbocycles. The van der Waals surface area contributed by atoms with Crippen LogP contribution in [0.15, 0.2) is 23.6 Å². The van der Waals surface area contributed by atoms with Gasteiger partial charge < -0.3 is 5.73 Å². The summed E-state index contributed by atoms with van der Waals surface area (Å²) in [6, 6.07) is 2.84. The largest absolute Gasteiger partial charge is 0.319 e. The Morgan fingerprint density at radius 1 is 1.31 bits per heavy atom. The number of benzene rings is 1. The third kappa shape index (κ3) is 1.96. The zero-order valence-electron chi connectivity index (χ0n) is 8.58.